The van der Waals surface area contributed by atoms with E-state index >= 15 is 0 Å². The van der Waals surface area contributed by atoms with E-state index in [-0.39, 0.29) is 18.9 Å². The van der Waals surface area contributed by atoms with E-state index in [9.17, 15) is 19.2 Å². The molecule has 8 nitrogen and oxygen atoms in total. The number of rotatable bonds is 7. The first kappa shape index (κ1) is 21.0. The number of amides is 3. The van der Waals surface area contributed by atoms with E-state index in [4.69, 9.17) is 4.74 Å². The molecule has 0 aromatic heterocycles. The molecule has 8 heteroatoms. The molecule has 0 unspecified atom stereocenters. The predicted octanol–water partition coefficient (Wildman–Crippen LogP) is 1.92. The van der Waals surface area contributed by atoms with Gasteiger partial charge in [0.25, 0.3) is 11.8 Å². The van der Waals surface area contributed by atoms with E-state index < -0.39 is 30.3 Å². The highest BCUT2D eigenvalue weighted by molar-refractivity contribution is 5.97. The highest BCUT2D eigenvalue weighted by atomic mass is 16.5. The number of benzene rings is 2. The van der Waals surface area contributed by atoms with E-state index in [0.717, 1.165) is 17.0 Å². The van der Waals surface area contributed by atoms with Gasteiger partial charge in [0, 0.05) is 17.7 Å². The summed E-state index contributed by atoms with van der Waals surface area (Å²) in [5.74, 6) is -2.69. The first-order valence-corrected chi connectivity index (χ1v) is 9.68. The number of nitrogens with one attached hydrogen (secondary N) is 2. The topological polar surface area (TPSA) is 105 Å². The van der Waals surface area contributed by atoms with Gasteiger partial charge in [-0.3, -0.25) is 29.6 Å². The van der Waals surface area contributed by atoms with Crippen molar-refractivity contribution in [2.45, 2.75) is 19.8 Å². The molecular weight excluding hydrogens is 386 g/mol. The first-order chi connectivity index (χ1) is 14.5. The lowest BCUT2D eigenvalue weighted by molar-refractivity contribution is -0.151. The summed E-state index contributed by atoms with van der Waals surface area (Å²) >= 11 is 0. The van der Waals surface area contributed by atoms with Crippen LogP contribution in [0.15, 0.2) is 54.6 Å². The van der Waals surface area contributed by atoms with Crippen LogP contribution < -0.4 is 10.7 Å². The SMILES string of the molecule is CCc1ccc(NC(=O)COC(=O)[C@H]2CC(=O)N(NC(=O)c3ccccc3)C2)cc1. The maximum Gasteiger partial charge on any atom is 0.311 e. The number of hydrogen-bond donors (Lipinski definition) is 2. The Kier molecular flexibility index (Phi) is 6.79. The van der Waals surface area contributed by atoms with Crippen molar-refractivity contribution in [3.63, 3.8) is 0 Å². The number of hydrogen-bond acceptors (Lipinski definition) is 5. The van der Waals surface area contributed by atoms with Gasteiger partial charge in [-0.05, 0) is 36.2 Å². The van der Waals surface area contributed by atoms with Crippen molar-refractivity contribution >= 4 is 29.4 Å². The molecule has 3 rings (SSSR count). The van der Waals surface area contributed by atoms with E-state index in [1.807, 2.05) is 19.1 Å². The van der Waals surface area contributed by atoms with Crippen molar-refractivity contribution in [1.29, 1.82) is 0 Å². The molecule has 0 radical (unpaired) electrons. The molecule has 1 fully saturated rings. The molecule has 1 saturated heterocycles. The van der Waals surface area contributed by atoms with Gasteiger partial charge in [-0.1, -0.05) is 37.3 Å². The molecule has 0 spiro atoms. The van der Waals surface area contributed by atoms with Gasteiger partial charge < -0.3 is 10.1 Å². The van der Waals surface area contributed by atoms with Crippen LogP contribution in [-0.4, -0.2) is 41.9 Å². The fourth-order valence-electron chi connectivity index (χ4n) is 3.03. The molecule has 1 heterocycles. The molecule has 1 aliphatic rings. The van der Waals surface area contributed by atoms with Crippen molar-refractivity contribution in [3.05, 3.63) is 65.7 Å². The van der Waals surface area contributed by atoms with Crippen molar-refractivity contribution in [2.75, 3.05) is 18.5 Å². The minimum absolute atomic E-state index is 0.00363. The third-order valence-electron chi connectivity index (χ3n) is 4.72. The zero-order chi connectivity index (χ0) is 21.5. The minimum atomic E-state index is -0.745. The van der Waals surface area contributed by atoms with Gasteiger partial charge in [0.2, 0.25) is 5.91 Å². The molecule has 156 valence electrons. The average Bonchev–Trinajstić information content (AvgIpc) is 3.13. The maximum atomic E-state index is 12.2. The zero-order valence-corrected chi connectivity index (χ0v) is 16.6. The van der Waals surface area contributed by atoms with Gasteiger partial charge in [0.1, 0.15) is 0 Å². The second-order valence-electron chi connectivity index (χ2n) is 6.92. The van der Waals surface area contributed by atoms with Crippen LogP contribution >= 0.6 is 0 Å². The highest BCUT2D eigenvalue weighted by Crippen LogP contribution is 2.18. The molecule has 1 aliphatic heterocycles. The number of aryl methyl sites for hydroxylation is 1. The summed E-state index contributed by atoms with van der Waals surface area (Å²) in [6, 6.07) is 15.8. The Labute approximate surface area is 174 Å². The maximum absolute atomic E-state index is 12.2. The van der Waals surface area contributed by atoms with Gasteiger partial charge in [0.15, 0.2) is 6.61 Å². The van der Waals surface area contributed by atoms with Crippen molar-refractivity contribution < 1.29 is 23.9 Å². The van der Waals surface area contributed by atoms with Crippen LogP contribution in [0.4, 0.5) is 5.69 Å². The van der Waals surface area contributed by atoms with Crippen LogP contribution in [0.25, 0.3) is 0 Å². The molecule has 0 aliphatic carbocycles. The molecule has 1 atom stereocenters. The van der Waals surface area contributed by atoms with Gasteiger partial charge in [-0.15, -0.1) is 0 Å². The third-order valence-corrected chi connectivity index (χ3v) is 4.72. The molecule has 0 saturated carbocycles. The van der Waals surface area contributed by atoms with Gasteiger partial charge in [-0.2, -0.15) is 0 Å². The zero-order valence-electron chi connectivity index (χ0n) is 16.6. The summed E-state index contributed by atoms with van der Waals surface area (Å²) in [7, 11) is 0. The molecule has 2 aromatic rings. The lowest BCUT2D eigenvalue weighted by Gasteiger charge is -2.17. The molecule has 2 aromatic carbocycles. The number of anilines is 1. The normalized spacial score (nSPS) is 15.6. The monoisotopic (exact) mass is 409 g/mol. The van der Waals surface area contributed by atoms with Crippen LogP contribution in [-0.2, 0) is 25.5 Å². The minimum Gasteiger partial charge on any atom is -0.455 e. The Bertz CT molecular complexity index is 928. The van der Waals surface area contributed by atoms with E-state index in [1.165, 1.54) is 0 Å². The summed E-state index contributed by atoms with van der Waals surface area (Å²) in [4.78, 5) is 48.5. The molecule has 3 amide bonds. The quantitative estimate of drug-likeness (QED) is 0.680. The predicted molar refractivity (Wildman–Crippen MR) is 109 cm³/mol. The standard InChI is InChI=1S/C22H23N3O5/c1-2-15-8-10-18(11-9-15)23-19(26)14-30-22(29)17-12-20(27)25(13-17)24-21(28)16-6-4-3-5-7-16/h3-11,17H,2,12-14H2,1H3,(H,23,26)(H,24,28)/t17-/m0/s1. The number of hydrazine groups is 1. The van der Waals surface area contributed by atoms with Gasteiger partial charge >= 0.3 is 5.97 Å². The van der Waals surface area contributed by atoms with Crippen molar-refractivity contribution in [2.24, 2.45) is 5.92 Å². The lowest BCUT2D eigenvalue weighted by atomic mass is 10.1. The van der Waals surface area contributed by atoms with Crippen LogP contribution in [0, 0.1) is 5.92 Å². The second kappa shape index (κ2) is 9.69. The Morgan fingerprint density at radius 2 is 1.77 bits per heavy atom. The first-order valence-electron chi connectivity index (χ1n) is 9.68. The van der Waals surface area contributed by atoms with E-state index in [1.54, 1.807) is 42.5 Å². The summed E-state index contributed by atoms with van der Waals surface area (Å²) in [6.07, 6.45) is 0.808. The molecular formula is C22H23N3O5. The van der Waals surface area contributed by atoms with Gasteiger partial charge in [-0.25, -0.2) is 0 Å². The molecule has 2 N–H and O–H groups in total. The molecule has 30 heavy (non-hydrogen) atoms. The summed E-state index contributed by atoms with van der Waals surface area (Å²) in [5.41, 5.74) is 4.65. The Hall–Kier alpha value is -3.68. The van der Waals surface area contributed by atoms with Crippen LogP contribution in [0.2, 0.25) is 0 Å². The smallest absolute Gasteiger partial charge is 0.311 e. The van der Waals surface area contributed by atoms with Gasteiger partial charge in [0.05, 0.1) is 12.5 Å². The molecule has 0 bridgehead atoms. The number of ether oxygens (including phenoxy) is 1. The number of carbonyl (C=O) groups is 4. The summed E-state index contributed by atoms with van der Waals surface area (Å²) in [6.45, 7) is 1.58. The van der Waals surface area contributed by atoms with Crippen LogP contribution in [0.1, 0.15) is 29.3 Å². The Balaban J connectivity index is 1.45. The van der Waals surface area contributed by atoms with E-state index in [0.29, 0.717) is 11.3 Å². The largest absolute Gasteiger partial charge is 0.455 e. The van der Waals surface area contributed by atoms with Crippen molar-refractivity contribution in [1.82, 2.24) is 10.4 Å². The fourth-order valence-corrected chi connectivity index (χ4v) is 3.03. The number of carbonyl (C=O) groups excluding carboxylic acids is 4. The fraction of sp³-hybridized carbons (Fsp3) is 0.273. The number of nitrogens with zero attached hydrogens (tertiary/aromatic N) is 1. The Morgan fingerprint density at radius 1 is 1.07 bits per heavy atom. The summed E-state index contributed by atoms with van der Waals surface area (Å²) < 4.78 is 5.05. The lowest BCUT2D eigenvalue weighted by Crippen LogP contribution is -2.43. The third kappa shape index (κ3) is 5.44. The Morgan fingerprint density at radius 3 is 2.43 bits per heavy atom. The summed E-state index contributed by atoms with van der Waals surface area (Å²) in [5, 5.41) is 3.76. The van der Waals surface area contributed by atoms with E-state index in [2.05, 4.69) is 10.7 Å². The highest BCUT2D eigenvalue weighted by Gasteiger charge is 2.36. The van der Waals surface area contributed by atoms with Crippen LogP contribution in [0.5, 0.6) is 0 Å². The second-order valence-corrected chi connectivity index (χ2v) is 6.92. The average molecular weight is 409 g/mol. The number of esters is 1. The van der Waals surface area contributed by atoms with Crippen LogP contribution in [0.3, 0.4) is 0 Å². The van der Waals surface area contributed by atoms with Crippen molar-refractivity contribution in [3.8, 4) is 0 Å².